The molecule has 1 heterocycles. The Labute approximate surface area is 97.4 Å². The van der Waals surface area contributed by atoms with E-state index in [1.807, 2.05) is 6.92 Å². The number of carboxylic acid groups (broad SMARTS) is 1. The van der Waals surface area contributed by atoms with E-state index in [1.54, 1.807) is 25.3 Å². The Balaban J connectivity index is 2.50. The zero-order chi connectivity index (χ0) is 12.4. The van der Waals surface area contributed by atoms with Gasteiger partial charge in [-0.25, -0.2) is 9.48 Å². The number of benzene rings is 1. The maximum Gasteiger partial charge on any atom is 0.356 e. The summed E-state index contributed by atoms with van der Waals surface area (Å²) in [7, 11) is 1.58. The molecule has 6 heteroatoms. The Hall–Kier alpha value is -2.37. The fourth-order valence-corrected chi connectivity index (χ4v) is 1.57. The molecule has 1 aromatic heterocycles. The number of nitrogens with zero attached hydrogens (tertiary/aromatic N) is 3. The van der Waals surface area contributed by atoms with Crippen LogP contribution in [0.3, 0.4) is 0 Å². The maximum atomic E-state index is 10.9. The van der Waals surface area contributed by atoms with Gasteiger partial charge in [-0.1, -0.05) is 5.21 Å². The van der Waals surface area contributed by atoms with Gasteiger partial charge in [-0.2, -0.15) is 0 Å². The Morgan fingerprint density at radius 1 is 1.47 bits per heavy atom. The minimum Gasteiger partial charge on any atom is -0.496 e. The quantitative estimate of drug-likeness (QED) is 0.864. The Morgan fingerprint density at radius 3 is 2.82 bits per heavy atom. The number of rotatable bonds is 3. The number of aryl methyl sites for hydroxylation is 1. The zero-order valence-corrected chi connectivity index (χ0v) is 9.41. The second-order valence-corrected chi connectivity index (χ2v) is 3.49. The van der Waals surface area contributed by atoms with Gasteiger partial charge in [0.2, 0.25) is 0 Å². The van der Waals surface area contributed by atoms with E-state index < -0.39 is 5.97 Å². The van der Waals surface area contributed by atoms with E-state index in [1.165, 1.54) is 10.9 Å². The fourth-order valence-electron chi connectivity index (χ4n) is 1.57. The van der Waals surface area contributed by atoms with Crippen LogP contribution in [0.1, 0.15) is 16.1 Å². The average Bonchev–Trinajstić information content (AvgIpc) is 2.77. The normalized spacial score (nSPS) is 10.2. The lowest BCUT2D eigenvalue weighted by Crippen LogP contribution is -2.08. The van der Waals surface area contributed by atoms with E-state index >= 15 is 0 Å². The summed E-state index contributed by atoms with van der Waals surface area (Å²) in [5, 5.41) is 16.3. The minimum absolute atomic E-state index is 0.0227. The molecule has 6 nitrogen and oxygen atoms in total. The highest BCUT2D eigenvalue weighted by molar-refractivity contribution is 5.85. The third kappa shape index (κ3) is 1.96. The summed E-state index contributed by atoms with van der Waals surface area (Å²) in [6, 6.07) is 5.28. The number of hydrogen-bond acceptors (Lipinski definition) is 4. The molecule has 0 spiro atoms. The van der Waals surface area contributed by atoms with Gasteiger partial charge in [-0.15, -0.1) is 5.10 Å². The first kappa shape index (κ1) is 11.1. The van der Waals surface area contributed by atoms with E-state index in [2.05, 4.69) is 10.3 Å². The molecular formula is C11H11N3O3. The Morgan fingerprint density at radius 2 is 2.24 bits per heavy atom. The smallest absolute Gasteiger partial charge is 0.356 e. The molecule has 0 atom stereocenters. The number of methoxy groups -OCH3 is 1. The monoisotopic (exact) mass is 233 g/mol. The van der Waals surface area contributed by atoms with Crippen molar-refractivity contribution in [2.75, 3.05) is 7.11 Å². The van der Waals surface area contributed by atoms with E-state index in [4.69, 9.17) is 9.84 Å². The molecule has 0 saturated heterocycles. The van der Waals surface area contributed by atoms with Crippen LogP contribution in [0.15, 0.2) is 24.4 Å². The summed E-state index contributed by atoms with van der Waals surface area (Å²) in [5.74, 6) is -0.325. The van der Waals surface area contributed by atoms with Gasteiger partial charge in [0.1, 0.15) is 5.75 Å². The van der Waals surface area contributed by atoms with Crippen molar-refractivity contribution in [3.63, 3.8) is 0 Å². The molecule has 0 saturated carbocycles. The summed E-state index contributed by atoms with van der Waals surface area (Å²) in [6.45, 7) is 1.87. The highest BCUT2D eigenvalue weighted by Gasteiger charge is 2.13. The number of aromatic nitrogens is 3. The van der Waals surface area contributed by atoms with Crippen molar-refractivity contribution in [3.05, 3.63) is 35.7 Å². The molecular weight excluding hydrogens is 222 g/mol. The molecule has 0 unspecified atom stereocenters. The van der Waals surface area contributed by atoms with Crippen molar-refractivity contribution in [3.8, 4) is 11.4 Å². The van der Waals surface area contributed by atoms with Gasteiger partial charge in [-0.3, -0.25) is 0 Å². The lowest BCUT2D eigenvalue weighted by atomic mass is 10.2. The van der Waals surface area contributed by atoms with Crippen molar-refractivity contribution < 1.29 is 14.6 Å². The Kier molecular flexibility index (Phi) is 2.78. The molecule has 2 aromatic rings. The summed E-state index contributed by atoms with van der Waals surface area (Å²) >= 11 is 0. The predicted octanol–water partition coefficient (Wildman–Crippen LogP) is 1.28. The summed E-state index contributed by atoms with van der Waals surface area (Å²) in [4.78, 5) is 10.9. The van der Waals surface area contributed by atoms with Crippen molar-refractivity contribution >= 4 is 5.97 Å². The van der Waals surface area contributed by atoms with Crippen molar-refractivity contribution in [2.24, 2.45) is 0 Å². The van der Waals surface area contributed by atoms with Gasteiger partial charge in [0, 0.05) is 0 Å². The summed E-state index contributed by atoms with van der Waals surface area (Å²) < 4.78 is 6.41. The van der Waals surface area contributed by atoms with E-state index in [0.29, 0.717) is 5.69 Å². The van der Waals surface area contributed by atoms with Crippen LogP contribution >= 0.6 is 0 Å². The third-order valence-electron chi connectivity index (χ3n) is 2.39. The lowest BCUT2D eigenvalue weighted by molar-refractivity contribution is 0.0687. The molecule has 2 rings (SSSR count). The summed E-state index contributed by atoms with van der Waals surface area (Å²) in [5.41, 5.74) is 1.56. The number of hydrogen-bond donors (Lipinski definition) is 1. The molecule has 0 bridgehead atoms. The molecule has 88 valence electrons. The van der Waals surface area contributed by atoms with Gasteiger partial charge in [0.05, 0.1) is 19.0 Å². The van der Waals surface area contributed by atoms with E-state index in [-0.39, 0.29) is 5.69 Å². The van der Waals surface area contributed by atoms with Crippen LogP contribution in [0.25, 0.3) is 5.69 Å². The number of carbonyl (C=O) groups is 1. The SMILES string of the molecule is COc1ccc(-n2nncc2C(=O)O)cc1C. The Bertz CT molecular complexity index is 563. The van der Waals surface area contributed by atoms with Crippen LogP contribution in [0.4, 0.5) is 0 Å². The first-order valence-electron chi connectivity index (χ1n) is 4.92. The van der Waals surface area contributed by atoms with Crippen LogP contribution in [0.2, 0.25) is 0 Å². The van der Waals surface area contributed by atoms with Crippen LogP contribution < -0.4 is 4.74 Å². The topological polar surface area (TPSA) is 77.2 Å². The maximum absolute atomic E-state index is 10.9. The lowest BCUT2D eigenvalue weighted by Gasteiger charge is -2.07. The third-order valence-corrected chi connectivity index (χ3v) is 2.39. The molecule has 0 aliphatic heterocycles. The first-order chi connectivity index (χ1) is 8.13. The van der Waals surface area contributed by atoms with E-state index in [9.17, 15) is 4.79 Å². The van der Waals surface area contributed by atoms with Crippen LogP contribution in [-0.2, 0) is 0 Å². The predicted molar refractivity (Wildman–Crippen MR) is 59.6 cm³/mol. The first-order valence-corrected chi connectivity index (χ1v) is 4.92. The second-order valence-electron chi connectivity index (χ2n) is 3.49. The van der Waals surface area contributed by atoms with Crippen molar-refractivity contribution in [1.29, 1.82) is 0 Å². The summed E-state index contributed by atoms with van der Waals surface area (Å²) in [6.07, 6.45) is 1.21. The van der Waals surface area contributed by atoms with Crippen molar-refractivity contribution in [2.45, 2.75) is 6.92 Å². The minimum atomic E-state index is -1.07. The van der Waals surface area contributed by atoms with Crippen molar-refractivity contribution in [1.82, 2.24) is 15.0 Å². The number of aromatic carboxylic acids is 1. The van der Waals surface area contributed by atoms with Crippen LogP contribution in [0.5, 0.6) is 5.75 Å². The van der Waals surface area contributed by atoms with Gasteiger partial charge >= 0.3 is 5.97 Å². The average molecular weight is 233 g/mol. The molecule has 0 amide bonds. The van der Waals surface area contributed by atoms with Gasteiger partial charge in [0.15, 0.2) is 5.69 Å². The van der Waals surface area contributed by atoms with Gasteiger partial charge in [-0.05, 0) is 30.7 Å². The molecule has 0 fully saturated rings. The fraction of sp³-hybridized carbons (Fsp3) is 0.182. The second kappa shape index (κ2) is 4.25. The highest BCUT2D eigenvalue weighted by atomic mass is 16.5. The van der Waals surface area contributed by atoms with E-state index in [0.717, 1.165) is 11.3 Å². The largest absolute Gasteiger partial charge is 0.496 e. The van der Waals surface area contributed by atoms with Gasteiger partial charge < -0.3 is 9.84 Å². The highest BCUT2D eigenvalue weighted by Crippen LogP contribution is 2.21. The standard InChI is InChI=1S/C11H11N3O3/c1-7-5-8(3-4-10(7)17-2)14-9(11(15)16)6-12-13-14/h3-6H,1-2H3,(H,15,16). The molecule has 1 aromatic carbocycles. The molecule has 0 radical (unpaired) electrons. The molecule has 17 heavy (non-hydrogen) atoms. The zero-order valence-electron chi connectivity index (χ0n) is 9.41. The molecule has 0 aliphatic carbocycles. The molecule has 0 aliphatic rings. The molecule has 1 N–H and O–H groups in total. The van der Waals surface area contributed by atoms with Crippen LogP contribution in [0, 0.1) is 6.92 Å². The van der Waals surface area contributed by atoms with Crippen LogP contribution in [-0.4, -0.2) is 33.2 Å². The van der Waals surface area contributed by atoms with Gasteiger partial charge in [0.25, 0.3) is 0 Å². The number of carboxylic acids is 1. The number of ether oxygens (including phenoxy) is 1.